The van der Waals surface area contributed by atoms with Crippen molar-refractivity contribution in [2.24, 2.45) is 0 Å². The lowest BCUT2D eigenvalue weighted by molar-refractivity contribution is 0.0696. The Bertz CT molecular complexity index is 861. The Labute approximate surface area is 144 Å². The Kier molecular flexibility index (Phi) is 3.80. The molecule has 2 aliphatic heterocycles. The summed E-state index contributed by atoms with van der Waals surface area (Å²) < 4.78 is 11.2. The predicted octanol–water partition coefficient (Wildman–Crippen LogP) is 2.35. The number of fused-ring (bicyclic) bond motifs is 2. The van der Waals surface area contributed by atoms with Crippen LogP contribution in [0.15, 0.2) is 36.4 Å². The summed E-state index contributed by atoms with van der Waals surface area (Å²) in [6.07, 6.45) is 0.702. The molecule has 6 nitrogen and oxygen atoms in total. The van der Waals surface area contributed by atoms with Crippen LogP contribution in [0.3, 0.4) is 0 Å². The molecule has 6 heteroatoms. The molecular weight excluding hydrogens is 322 g/mol. The first-order chi connectivity index (χ1) is 12.1. The van der Waals surface area contributed by atoms with Crippen molar-refractivity contribution in [3.05, 3.63) is 58.7 Å². The molecular formula is C19H17NO5. The van der Waals surface area contributed by atoms with Crippen LogP contribution in [0.5, 0.6) is 11.5 Å². The van der Waals surface area contributed by atoms with Crippen molar-refractivity contribution >= 4 is 11.9 Å². The number of hydrogen-bond acceptors (Lipinski definition) is 4. The van der Waals surface area contributed by atoms with Gasteiger partial charge in [0.15, 0.2) is 11.5 Å². The summed E-state index contributed by atoms with van der Waals surface area (Å²) in [5.74, 6) is -0.0193. The highest BCUT2D eigenvalue weighted by Crippen LogP contribution is 2.35. The van der Waals surface area contributed by atoms with Gasteiger partial charge in [0.2, 0.25) is 0 Å². The topological polar surface area (TPSA) is 76.1 Å². The quantitative estimate of drug-likeness (QED) is 0.909. The molecule has 0 aliphatic carbocycles. The molecule has 0 fully saturated rings. The van der Waals surface area contributed by atoms with E-state index >= 15 is 0 Å². The van der Waals surface area contributed by atoms with Crippen LogP contribution in [0.25, 0.3) is 0 Å². The van der Waals surface area contributed by atoms with Gasteiger partial charge in [-0.1, -0.05) is 12.1 Å². The minimum atomic E-state index is -0.964. The monoisotopic (exact) mass is 339 g/mol. The van der Waals surface area contributed by atoms with E-state index in [0.29, 0.717) is 49.8 Å². The molecule has 2 heterocycles. The van der Waals surface area contributed by atoms with Gasteiger partial charge >= 0.3 is 5.97 Å². The van der Waals surface area contributed by atoms with Gasteiger partial charge in [0.05, 0.1) is 11.1 Å². The van der Waals surface area contributed by atoms with E-state index in [4.69, 9.17) is 14.6 Å². The van der Waals surface area contributed by atoms with E-state index in [1.807, 2.05) is 6.07 Å². The van der Waals surface area contributed by atoms with E-state index in [9.17, 15) is 9.59 Å². The standard InChI is InChI=1S/C19H17NO5/c21-18(15-2-1-3-16-17(15)25-9-8-24-16)20-7-6-12-4-5-13(19(22)23)10-14(12)11-20/h1-5,10H,6-9,11H2,(H,22,23). The maximum atomic E-state index is 13.0. The summed E-state index contributed by atoms with van der Waals surface area (Å²) >= 11 is 0. The van der Waals surface area contributed by atoms with Crippen LogP contribution in [0.1, 0.15) is 31.8 Å². The third kappa shape index (κ3) is 2.80. The van der Waals surface area contributed by atoms with Crippen molar-refractivity contribution in [3.63, 3.8) is 0 Å². The van der Waals surface area contributed by atoms with Crippen molar-refractivity contribution in [1.29, 1.82) is 0 Å². The first kappa shape index (κ1) is 15.5. The van der Waals surface area contributed by atoms with Gasteiger partial charge in [-0.25, -0.2) is 4.79 Å². The smallest absolute Gasteiger partial charge is 0.335 e. The fourth-order valence-corrected chi connectivity index (χ4v) is 3.28. The van der Waals surface area contributed by atoms with Crippen molar-refractivity contribution in [2.45, 2.75) is 13.0 Å². The second kappa shape index (κ2) is 6.12. The number of nitrogens with zero attached hydrogens (tertiary/aromatic N) is 1. The molecule has 2 aromatic rings. The molecule has 0 saturated carbocycles. The van der Waals surface area contributed by atoms with Gasteiger partial charge in [0.1, 0.15) is 13.2 Å². The highest BCUT2D eigenvalue weighted by atomic mass is 16.6. The fourth-order valence-electron chi connectivity index (χ4n) is 3.28. The number of carboxylic acids is 1. The van der Waals surface area contributed by atoms with Gasteiger partial charge in [-0.2, -0.15) is 0 Å². The number of carbonyl (C=O) groups is 2. The number of para-hydroxylation sites is 1. The molecule has 1 amide bonds. The molecule has 128 valence electrons. The van der Waals surface area contributed by atoms with Gasteiger partial charge < -0.3 is 19.5 Å². The number of benzene rings is 2. The maximum absolute atomic E-state index is 13.0. The lowest BCUT2D eigenvalue weighted by atomic mass is 9.96. The summed E-state index contributed by atoms with van der Waals surface area (Å²) in [6, 6.07) is 10.4. The van der Waals surface area contributed by atoms with Gasteiger partial charge in [-0.15, -0.1) is 0 Å². The molecule has 2 aliphatic rings. The first-order valence-corrected chi connectivity index (χ1v) is 8.16. The molecule has 0 unspecified atom stereocenters. The number of carbonyl (C=O) groups excluding carboxylic acids is 1. The number of rotatable bonds is 2. The minimum Gasteiger partial charge on any atom is -0.486 e. The second-order valence-corrected chi connectivity index (χ2v) is 6.10. The zero-order chi connectivity index (χ0) is 17.4. The van der Waals surface area contributed by atoms with E-state index in [1.165, 1.54) is 0 Å². The number of amides is 1. The first-order valence-electron chi connectivity index (χ1n) is 8.16. The minimum absolute atomic E-state index is 0.131. The molecule has 0 atom stereocenters. The summed E-state index contributed by atoms with van der Waals surface area (Å²) in [5.41, 5.74) is 2.68. The van der Waals surface area contributed by atoms with E-state index in [0.717, 1.165) is 11.1 Å². The maximum Gasteiger partial charge on any atom is 0.335 e. The molecule has 2 aromatic carbocycles. The predicted molar refractivity (Wildman–Crippen MR) is 89.3 cm³/mol. The van der Waals surface area contributed by atoms with E-state index in [1.54, 1.807) is 35.2 Å². The van der Waals surface area contributed by atoms with Crippen LogP contribution in [-0.4, -0.2) is 41.6 Å². The van der Waals surface area contributed by atoms with Crippen molar-refractivity contribution < 1.29 is 24.2 Å². The Balaban J connectivity index is 1.62. The number of ether oxygens (including phenoxy) is 2. The average Bonchev–Trinajstić information content (AvgIpc) is 2.66. The molecule has 0 saturated heterocycles. The van der Waals surface area contributed by atoms with E-state index in [-0.39, 0.29) is 11.5 Å². The number of carboxylic acid groups (broad SMARTS) is 1. The van der Waals surface area contributed by atoms with Crippen LogP contribution in [0, 0.1) is 0 Å². The molecule has 0 spiro atoms. The van der Waals surface area contributed by atoms with Gasteiger partial charge in [-0.3, -0.25) is 4.79 Å². The third-order valence-corrected chi connectivity index (χ3v) is 4.55. The van der Waals surface area contributed by atoms with Crippen molar-refractivity contribution in [1.82, 2.24) is 4.90 Å². The molecule has 0 radical (unpaired) electrons. The zero-order valence-electron chi connectivity index (χ0n) is 13.5. The summed E-state index contributed by atoms with van der Waals surface area (Å²) in [6.45, 7) is 1.87. The number of aromatic carboxylic acids is 1. The fraction of sp³-hybridized carbons (Fsp3) is 0.263. The van der Waals surface area contributed by atoms with Crippen LogP contribution < -0.4 is 9.47 Å². The Hall–Kier alpha value is -3.02. The van der Waals surface area contributed by atoms with Crippen LogP contribution in [0.4, 0.5) is 0 Å². The molecule has 25 heavy (non-hydrogen) atoms. The van der Waals surface area contributed by atoms with Gasteiger partial charge in [-0.05, 0) is 41.8 Å². The molecule has 4 rings (SSSR count). The summed E-state index contributed by atoms with van der Waals surface area (Å²) in [5, 5.41) is 9.16. The van der Waals surface area contributed by atoms with E-state index in [2.05, 4.69) is 0 Å². The SMILES string of the molecule is O=C(O)c1ccc2c(c1)CN(C(=O)c1cccc3c1OCCO3)CC2. The van der Waals surface area contributed by atoms with Gasteiger partial charge in [0, 0.05) is 13.1 Å². The second-order valence-electron chi connectivity index (χ2n) is 6.10. The molecule has 1 N–H and O–H groups in total. The van der Waals surface area contributed by atoms with Crippen LogP contribution >= 0.6 is 0 Å². The van der Waals surface area contributed by atoms with Crippen LogP contribution in [0.2, 0.25) is 0 Å². The average molecular weight is 339 g/mol. The van der Waals surface area contributed by atoms with Crippen LogP contribution in [-0.2, 0) is 13.0 Å². The Morgan fingerprint density at radius 3 is 2.72 bits per heavy atom. The summed E-state index contributed by atoms with van der Waals surface area (Å²) in [4.78, 5) is 25.9. The largest absolute Gasteiger partial charge is 0.486 e. The summed E-state index contributed by atoms with van der Waals surface area (Å²) in [7, 11) is 0. The normalized spacial score (nSPS) is 15.4. The number of hydrogen-bond donors (Lipinski definition) is 1. The van der Waals surface area contributed by atoms with Crippen molar-refractivity contribution in [3.8, 4) is 11.5 Å². The zero-order valence-corrected chi connectivity index (χ0v) is 13.5. The highest BCUT2D eigenvalue weighted by molar-refractivity contribution is 5.98. The highest BCUT2D eigenvalue weighted by Gasteiger charge is 2.27. The third-order valence-electron chi connectivity index (χ3n) is 4.55. The Morgan fingerprint density at radius 2 is 1.88 bits per heavy atom. The molecule has 0 aromatic heterocycles. The Morgan fingerprint density at radius 1 is 1.04 bits per heavy atom. The van der Waals surface area contributed by atoms with Crippen molar-refractivity contribution in [2.75, 3.05) is 19.8 Å². The molecule has 0 bridgehead atoms. The van der Waals surface area contributed by atoms with Gasteiger partial charge in [0.25, 0.3) is 5.91 Å². The van der Waals surface area contributed by atoms with E-state index < -0.39 is 5.97 Å². The lowest BCUT2D eigenvalue weighted by Crippen LogP contribution is -2.36. The lowest BCUT2D eigenvalue weighted by Gasteiger charge is -2.30.